The maximum atomic E-state index is 13.7. The lowest BCUT2D eigenvalue weighted by molar-refractivity contribution is 0.174. The second-order valence-corrected chi connectivity index (χ2v) is 5.72. The number of nitrogens with zero attached hydrogens (tertiary/aromatic N) is 1. The number of hydrogen-bond acceptors (Lipinski definition) is 3. The zero-order chi connectivity index (χ0) is 16.2. The third kappa shape index (κ3) is 3.67. The van der Waals surface area contributed by atoms with Crippen LogP contribution in [-0.4, -0.2) is 16.6 Å². The van der Waals surface area contributed by atoms with Gasteiger partial charge in [0.2, 0.25) is 0 Å². The third-order valence-corrected chi connectivity index (χ3v) is 4.01. The molecule has 5 heteroatoms. The topological polar surface area (TPSA) is 45.1 Å². The lowest BCUT2D eigenvalue weighted by Gasteiger charge is -2.14. The number of aliphatic hydroxyl groups is 1. The maximum Gasteiger partial charge on any atom is 0.124 e. The van der Waals surface area contributed by atoms with Crippen molar-refractivity contribution in [2.24, 2.45) is 0 Å². The van der Waals surface area contributed by atoms with E-state index in [1.165, 1.54) is 12.1 Å². The van der Waals surface area contributed by atoms with E-state index >= 15 is 0 Å². The number of nitrogens with one attached hydrogen (secondary N) is 1. The van der Waals surface area contributed by atoms with Gasteiger partial charge in [0.15, 0.2) is 0 Å². The average Bonchev–Trinajstić information content (AvgIpc) is 2.55. The van der Waals surface area contributed by atoms with Gasteiger partial charge in [0.25, 0.3) is 0 Å². The highest BCUT2D eigenvalue weighted by Gasteiger charge is 2.11. The first kappa shape index (κ1) is 15.9. The number of aliphatic hydroxyl groups excluding tert-OH is 1. The molecule has 3 nitrogen and oxygen atoms in total. The van der Waals surface area contributed by atoms with E-state index in [2.05, 4.69) is 10.3 Å². The van der Waals surface area contributed by atoms with Crippen LogP contribution in [0.3, 0.4) is 0 Å². The van der Waals surface area contributed by atoms with Crippen LogP contribution in [-0.2, 0) is 6.54 Å². The van der Waals surface area contributed by atoms with Gasteiger partial charge in [-0.1, -0.05) is 35.9 Å². The molecule has 3 rings (SSSR count). The van der Waals surface area contributed by atoms with Crippen molar-refractivity contribution < 1.29 is 9.50 Å². The Bertz CT molecular complexity index is 825. The van der Waals surface area contributed by atoms with Gasteiger partial charge < -0.3 is 10.4 Å². The summed E-state index contributed by atoms with van der Waals surface area (Å²) < 4.78 is 13.7. The molecule has 1 atom stereocenters. The van der Waals surface area contributed by atoms with Crippen LogP contribution in [0.15, 0.2) is 54.7 Å². The summed E-state index contributed by atoms with van der Waals surface area (Å²) in [5.74, 6) is -0.297. The number of benzene rings is 2. The Balaban J connectivity index is 1.71. The molecule has 2 N–H and O–H groups in total. The first-order chi connectivity index (χ1) is 11.1. The molecule has 3 aromatic rings. The molecule has 0 aliphatic carbocycles. The second-order valence-electron chi connectivity index (χ2n) is 5.31. The van der Waals surface area contributed by atoms with Crippen molar-refractivity contribution in [2.75, 3.05) is 6.54 Å². The molecule has 23 heavy (non-hydrogen) atoms. The van der Waals surface area contributed by atoms with Gasteiger partial charge in [-0.05, 0) is 29.8 Å². The highest BCUT2D eigenvalue weighted by atomic mass is 35.5. The molecule has 0 saturated heterocycles. The van der Waals surface area contributed by atoms with Gasteiger partial charge in [0.1, 0.15) is 5.82 Å². The first-order valence-electron chi connectivity index (χ1n) is 7.31. The Morgan fingerprint density at radius 3 is 2.83 bits per heavy atom. The summed E-state index contributed by atoms with van der Waals surface area (Å²) in [5.41, 5.74) is 2.18. The van der Waals surface area contributed by atoms with E-state index in [0.717, 1.165) is 16.5 Å². The summed E-state index contributed by atoms with van der Waals surface area (Å²) in [6.07, 6.45) is 0.957. The zero-order valence-corrected chi connectivity index (χ0v) is 13.1. The Labute approximate surface area is 138 Å². The van der Waals surface area contributed by atoms with Gasteiger partial charge in [-0.15, -0.1) is 0 Å². The Morgan fingerprint density at radius 2 is 2.00 bits per heavy atom. The number of halogens is 2. The van der Waals surface area contributed by atoms with E-state index in [4.69, 9.17) is 11.6 Å². The van der Waals surface area contributed by atoms with Crippen LogP contribution in [0.4, 0.5) is 4.39 Å². The SMILES string of the molecule is OC(CNCc1cc(F)cc2cccnc12)c1ccccc1Cl. The molecule has 0 spiro atoms. The predicted molar refractivity (Wildman–Crippen MR) is 89.8 cm³/mol. The van der Waals surface area contributed by atoms with Crippen LogP contribution in [0, 0.1) is 5.82 Å². The molecule has 1 unspecified atom stereocenters. The van der Waals surface area contributed by atoms with Crippen molar-refractivity contribution in [3.05, 3.63) is 76.7 Å². The number of rotatable bonds is 5. The monoisotopic (exact) mass is 330 g/mol. The number of hydrogen-bond donors (Lipinski definition) is 2. The fourth-order valence-electron chi connectivity index (χ4n) is 2.56. The van der Waals surface area contributed by atoms with Crippen LogP contribution in [0.1, 0.15) is 17.2 Å². The fraction of sp³-hybridized carbons (Fsp3) is 0.167. The van der Waals surface area contributed by atoms with E-state index in [-0.39, 0.29) is 5.82 Å². The standard InChI is InChI=1S/C18H16ClFN2O/c19-16-6-2-1-5-15(16)17(23)11-21-10-13-9-14(20)8-12-4-3-7-22-18(12)13/h1-9,17,21,23H,10-11H2. The summed E-state index contributed by atoms with van der Waals surface area (Å²) in [6.45, 7) is 0.724. The second kappa shape index (κ2) is 7.04. The summed E-state index contributed by atoms with van der Waals surface area (Å²) in [6, 6.07) is 13.7. The average molecular weight is 331 g/mol. The molecular weight excluding hydrogens is 315 g/mol. The highest BCUT2D eigenvalue weighted by Crippen LogP contribution is 2.22. The molecular formula is C18H16ClFN2O. The van der Waals surface area contributed by atoms with Gasteiger partial charge >= 0.3 is 0 Å². The lowest BCUT2D eigenvalue weighted by Crippen LogP contribution is -2.21. The molecule has 2 aromatic carbocycles. The van der Waals surface area contributed by atoms with E-state index in [1.807, 2.05) is 18.2 Å². The molecule has 0 saturated carbocycles. The van der Waals surface area contributed by atoms with Crippen molar-refractivity contribution in [3.8, 4) is 0 Å². The van der Waals surface area contributed by atoms with Crippen LogP contribution < -0.4 is 5.32 Å². The van der Waals surface area contributed by atoms with Gasteiger partial charge in [-0.3, -0.25) is 4.98 Å². The molecule has 0 radical (unpaired) electrons. The summed E-state index contributed by atoms with van der Waals surface area (Å²) in [7, 11) is 0. The third-order valence-electron chi connectivity index (χ3n) is 3.67. The molecule has 1 aromatic heterocycles. The summed E-state index contributed by atoms with van der Waals surface area (Å²) >= 11 is 6.07. The van der Waals surface area contributed by atoms with Crippen LogP contribution in [0.5, 0.6) is 0 Å². The Kier molecular flexibility index (Phi) is 4.86. The Morgan fingerprint density at radius 1 is 1.17 bits per heavy atom. The van der Waals surface area contributed by atoms with E-state index in [9.17, 15) is 9.50 Å². The molecule has 1 heterocycles. The van der Waals surface area contributed by atoms with Crippen molar-refractivity contribution in [2.45, 2.75) is 12.6 Å². The minimum atomic E-state index is -0.725. The van der Waals surface area contributed by atoms with Crippen molar-refractivity contribution in [3.63, 3.8) is 0 Å². The van der Waals surface area contributed by atoms with Gasteiger partial charge in [0.05, 0.1) is 11.6 Å². The minimum absolute atomic E-state index is 0.297. The van der Waals surface area contributed by atoms with E-state index in [1.54, 1.807) is 24.4 Å². The maximum absolute atomic E-state index is 13.7. The van der Waals surface area contributed by atoms with Gasteiger partial charge in [0, 0.05) is 35.3 Å². The smallest absolute Gasteiger partial charge is 0.124 e. The number of fused-ring (bicyclic) bond motifs is 1. The van der Waals surface area contributed by atoms with Gasteiger partial charge in [-0.2, -0.15) is 0 Å². The molecule has 0 fully saturated rings. The molecule has 118 valence electrons. The van der Waals surface area contributed by atoms with E-state index < -0.39 is 6.10 Å². The first-order valence-corrected chi connectivity index (χ1v) is 7.69. The Hall–Kier alpha value is -2.01. The predicted octanol–water partition coefficient (Wildman–Crippen LogP) is 3.85. The molecule has 0 aliphatic heterocycles. The largest absolute Gasteiger partial charge is 0.387 e. The zero-order valence-electron chi connectivity index (χ0n) is 12.3. The van der Waals surface area contributed by atoms with Crippen LogP contribution in [0.25, 0.3) is 10.9 Å². The minimum Gasteiger partial charge on any atom is -0.387 e. The highest BCUT2D eigenvalue weighted by molar-refractivity contribution is 6.31. The molecule has 0 bridgehead atoms. The van der Waals surface area contributed by atoms with Crippen molar-refractivity contribution in [1.29, 1.82) is 0 Å². The van der Waals surface area contributed by atoms with E-state index in [0.29, 0.717) is 23.7 Å². The number of aromatic nitrogens is 1. The number of pyridine rings is 1. The van der Waals surface area contributed by atoms with Crippen LogP contribution >= 0.6 is 11.6 Å². The summed E-state index contributed by atoms with van der Waals surface area (Å²) in [5, 5.41) is 14.6. The fourth-order valence-corrected chi connectivity index (χ4v) is 2.82. The quantitative estimate of drug-likeness (QED) is 0.747. The molecule has 0 aliphatic rings. The molecule has 0 amide bonds. The van der Waals surface area contributed by atoms with Crippen molar-refractivity contribution in [1.82, 2.24) is 10.3 Å². The van der Waals surface area contributed by atoms with Crippen LogP contribution in [0.2, 0.25) is 5.02 Å². The van der Waals surface area contributed by atoms with Crippen molar-refractivity contribution >= 4 is 22.5 Å². The normalized spacial score (nSPS) is 12.5. The summed E-state index contributed by atoms with van der Waals surface area (Å²) in [4.78, 5) is 4.30. The van der Waals surface area contributed by atoms with Gasteiger partial charge in [-0.25, -0.2) is 4.39 Å². The lowest BCUT2D eigenvalue weighted by atomic mass is 10.1.